The molecule has 1 aromatic carbocycles. The van der Waals surface area contributed by atoms with Crippen LogP contribution in [0, 0.1) is 0 Å². The SMILES string of the molecule is CCN(CC)S(=O)(=O)c1ccc(OC)c(N2CCN(C(=O)OC(C)(C)C)CC2)c1. The van der Waals surface area contributed by atoms with Crippen LogP contribution in [0.25, 0.3) is 0 Å². The molecule has 1 aliphatic heterocycles. The van der Waals surface area contributed by atoms with Crippen molar-refractivity contribution >= 4 is 21.8 Å². The van der Waals surface area contributed by atoms with Crippen LogP contribution in [0.5, 0.6) is 5.75 Å². The summed E-state index contributed by atoms with van der Waals surface area (Å²) in [5.74, 6) is 0.606. The third kappa shape index (κ3) is 5.54. The van der Waals surface area contributed by atoms with Crippen molar-refractivity contribution in [1.29, 1.82) is 0 Å². The molecular weight excluding hydrogens is 394 g/mol. The molecular formula is C20H33N3O5S. The van der Waals surface area contributed by atoms with Crippen LogP contribution in [0.15, 0.2) is 23.1 Å². The van der Waals surface area contributed by atoms with Gasteiger partial charge in [-0.05, 0) is 39.0 Å². The second-order valence-corrected chi connectivity index (χ2v) is 9.82. The highest BCUT2D eigenvalue weighted by Crippen LogP contribution is 2.32. The van der Waals surface area contributed by atoms with E-state index >= 15 is 0 Å². The minimum Gasteiger partial charge on any atom is -0.495 e. The topological polar surface area (TPSA) is 79.4 Å². The van der Waals surface area contributed by atoms with Crippen molar-refractivity contribution in [2.75, 3.05) is 51.3 Å². The molecule has 1 fully saturated rings. The Bertz CT molecular complexity index is 808. The quantitative estimate of drug-likeness (QED) is 0.695. The van der Waals surface area contributed by atoms with Crippen molar-refractivity contribution in [3.8, 4) is 5.75 Å². The maximum Gasteiger partial charge on any atom is 0.410 e. The van der Waals surface area contributed by atoms with Gasteiger partial charge < -0.3 is 19.3 Å². The van der Waals surface area contributed by atoms with Gasteiger partial charge in [0, 0.05) is 39.3 Å². The Morgan fingerprint density at radius 1 is 1.10 bits per heavy atom. The van der Waals surface area contributed by atoms with Gasteiger partial charge in [0.05, 0.1) is 17.7 Å². The molecule has 2 rings (SSSR count). The maximum absolute atomic E-state index is 12.9. The number of methoxy groups -OCH3 is 1. The lowest BCUT2D eigenvalue weighted by atomic mass is 10.2. The van der Waals surface area contributed by atoms with E-state index in [0.717, 1.165) is 0 Å². The standard InChI is InChI=1S/C20H33N3O5S/c1-7-23(8-2)29(25,26)16-9-10-18(27-6)17(15-16)21-11-13-22(14-12-21)19(24)28-20(3,4)5/h9-10,15H,7-8,11-14H2,1-6H3. The van der Waals surface area contributed by atoms with E-state index in [1.54, 1.807) is 30.2 Å². The Hall–Kier alpha value is -2.00. The minimum atomic E-state index is -3.57. The second kappa shape index (κ2) is 9.21. The van der Waals surface area contributed by atoms with Gasteiger partial charge >= 0.3 is 6.09 Å². The first kappa shape index (κ1) is 23.3. The van der Waals surface area contributed by atoms with Crippen LogP contribution in [0.2, 0.25) is 0 Å². The summed E-state index contributed by atoms with van der Waals surface area (Å²) in [6, 6.07) is 4.93. The van der Waals surface area contributed by atoms with Crippen molar-refractivity contribution in [2.45, 2.75) is 45.1 Å². The van der Waals surface area contributed by atoms with Gasteiger partial charge in [0.1, 0.15) is 11.4 Å². The molecule has 164 valence electrons. The molecule has 0 N–H and O–H groups in total. The van der Waals surface area contributed by atoms with Crippen LogP contribution < -0.4 is 9.64 Å². The highest BCUT2D eigenvalue weighted by Gasteiger charge is 2.28. The summed E-state index contributed by atoms with van der Waals surface area (Å²) in [5, 5.41) is 0. The van der Waals surface area contributed by atoms with Gasteiger partial charge in [-0.15, -0.1) is 0 Å². The molecule has 29 heavy (non-hydrogen) atoms. The van der Waals surface area contributed by atoms with Crippen LogP contribution in [0.3, 0.4) is 0 Å². The monoisotopic (exact) mass is 427 g/mol. The largest absolute Gasteiger partial charge is 0.495 e. The predicted octanol–water partition coefficient (Wildman–Crippen LogP) is 2.78. The molecule has 0 bridgehead atoms. The van der Waals surface area contributed by atoms with Crippen LogP contribution in [0.4, 0.5) is 10.5 Å². The number of sulfonamides is 1. The Balaban J connectivity index is 2.22. The molecule has 1 saturated heterocycles. The van der Waals surface area contributed by atoms with Gasteiger partial charge in [-0.2, -0.15) is 4.31 Å². The predicted molar refractivity (Wildman–Crippen MR) is 113 cm³/mol. The van der Waals surface area contributed by atoms with Crippen molar-refractivity contribution in [3.63, 3.8) is 0 Å². The van der Waals surface area contributed by atoms with Crippen molar-refractivity contribution in [1.82, 2.24) is 9.21 Å². The second-order valence-electron chi connectivity index (χ2n) is 7.88. The molecule has 0 aliphatic carbocycles. The number of amides is 1. The molecule has 9 heteroatoms. The first-order valence-electron chi connectivity index (χ1n) is 9.94. The van der Waals surface area contributed by atoms with Gasteiger partial charge in [-0.25, -0.2) is 13.2 Å². The number of benzene rings is 1. The molecule has 1 aliphatic rings. The van der Waals surface area contributed by atoms with Gasteiger partial charge in [-0.1, -0.05) is 13.8 Å². The van der Waals surface area contributed by atoms with Gasteiger partial charge in [0.15, 0.2) is 0 Å². The molecule has 0 aromatic heterocycles. The third-order valence-corrected chi connectivity index (χ3v) is 6.81. The average molecular weight is 428 g/mol. The third-order valence-electron chi connectivity index (χ3n) is 4.77. The highest BCUT2D eigenvalue weighted by molar-refractivity contribution is 7.89. The number of carbonyl (C=O) groups is 1. The van der Waals surface area contributed by atoms with Crippen molar-refractivity contribution < 1.29 is 22.7 Å². The smallest absolute Gasteiger partial charge is 0.410 e. The normalized spacial score (nSPS) is 15.6. The summed E-state index contributed by atoms with van der Waals surface area (Å²) in [5.41, 5.74) is 0.175. The zero-order valence-electron chi connectivity index (χ0n) is 18.3. The summed E-state index contributed by atoms with van der Waals surface area (Å²) in [4.78, 5) is 16.2. The fourth-order valence-electron chi connectivity index (χ4n) is 3.25. The summed E-state index contributed by atoms with van der Waals surface area (Å²) in [7, 11) is -2.00. The van der Waals surface area contributed by atoms with E-state index < -0.39 is 15.6 Å². The van der Waals surface area contributed by atoms with Crippen molar-refractivity contribution in [3.05, 3.63) is 18.2 Å². The number of nitrogens with zero attached hydrogens (tertiary/aromatic N) is 3. The van der Waals surface area contributed by atoms with E-state index in [-0.39, 0.29) is 11.0 Å². The van der Waals surface area contributed by atoms with E-state index in [0.29, 0.717) is 50.7 Å². The number of hydrogen-bond donors (Lipinski definition) is 0. The van der Waals surface area contributed by atoms with Crippen LogP contribution >= 0.6 is 0 Å². The van der Waals surface area contributed by atoms with Gasteiger partial charge in [0.25, 0.3) is 0 Å². The Labute approximate surface area is 174 Å². The lowest BCUT2D eigenvalue weighted by Gasteiger charge is -2.37. The molecule has 8 nitrogen and oxygen atoms in total. The van der Waals surface area contributed by atoms with Crippen molar-refractivity contribution in [2.24, 2.45) is 0 Å². The first-order chi connectivity index (χ1) is 13.5. The lowest BCUT2D eigenvalue weighted by molar-refractivity contribution is 0.0240. The Kier molecular flexibility index (Phi) is 7.40. The highest BCUT2D eigenvalue weighted by atomic mass is 32.2. The van der Waals surface area contributed by atoms with Crippen LogP contribution in [0.1, 0.15) is 34.6 Å². The number of ether oxygens (including phenoxy) is 2. The molecule has 1 heterocycles. The fourth-order valence-corrected chi connectivity index (χ4v) is 4.72. The molecule has 0 atom stereocenters. The lowest BCUT2D eigenvalue weighted by Crippen LogP contribution is -2.50. The summed E-state index contributed by atoms with van der Waals surface area (Å²) < 4.78 is 38.1. The number of piperazine rings is 1. The average Bonchev–Trinajstić information content (AvgIpc) is 2.67. The Morgan fingerprint density at radius 2 is 1.69 bits per heavy atom. The van der Waals surface area contributed by atoms with E-state index in [1.807, 2.05) is 39.5 Å². The molecule has 0 spiro atoms. The molecule has 0 radical (unpaired) electrons. The van der Waals surface area contributed by atoms with Gasteiger partial charge in [0.2, 0.25) is 10.0 Å². The Morgan fingerprint density at radius 3 is 2.17 bits per heavy atom. The van der Waals surface area contributed by atoms with E-state index in [1.165, 1.54) is 4.31 Å². The minimum absolute atomic E-state index is 0.242. The number of hydrogen-bond acceptors (Lipinski definition) is 6. The molecule has 1 aromatic rings. The van der Waals surface area contributed by atoms with E-state index in [9.17, 15) is 13.2 Å². The first-order valence-corrected chi connectivity index (χ1v) is 11.4. The zero-order valence-corrected chi connectivity index (χ0v) is 19.1. The number of carbonyl (C=O) groups excluding carboxylic acids is 1. The van der Waals surface area contributed by atoms with Gasteiger partial charge in [-0.3, -0.25) is 0 Å². The fraction of sp³-hybridized carbons (Fsp3) is 0.650. The number of anilines is 1. The number of rotatable bonds is 6. The van der Waals surface area contributed by atoms with E-state index in [4.69, 9.17) is 9.47 Å². The molecule has 0 saturated carbocycles. The summed E-state index contributed by atoms with van der Waals surface area (Å²) >= 11 is 0. The van der Waals surface area contributed by atoms with Crippen LogP contribution in [-0.2, 0) is 14.8 Å². The molecule has 1 amide bonds. The summed E-state index contributed by atoms with van der Waals surface area (Å²) in [6.45, 7) is 12.1. The van der Waals surface area contributed by atoms with E-state index in [2.05, 4.69) is 0 Å². The molecule has 0 unspecified atom stereocenters. The zero-order chi connectivity index (χ0) is 21.8. The maximum atomic E-state index is 12.9. The summed E-state index contributed by atoms with van der Waals surface area (Å²) in [6.07, 6.45) is -0.332. The van der Waals surface area contributed by atoms with Crippen LogP contribution in [-0.4, -0.2) is 75.7 Å².